The first-order valence-corrected chi connectivity index (χ1v) is 7.15. The van der Waals surface area contributed by atoms with E-state index in [-0.39, 0.29) is 0 Å². The van der Waals surface area contributed by atoms with Gasteiger partial charge >= 0.3 is 0 Å². The number of rotatable bonds is 3. The summed E-state index contributed by atoms with van der Waals surface area (Å²) in [4.78, 5) is 0. The van der Waals surface area contributed by atoms with Crippen LogP contribution in [0.15, 0.2) is 18.2 Å². The first-order chi connectivity index (χ1) is 8.55. The third-order valence-corrected chi connectivity index (χ3v) is 4.42. The molecule has 0 heterocycles. The quantitative estimate of drug-likeness (QED) is 0.880. The fourth-order valence-corrected chi connectivity index (χ4v) is 2.94. The SMILES string of the molecule is CCNC1CCC(O)(c2ccc(C)c(Cl)c2)CC1. The summed E-state index contributed by atoms with van der Waals surface area (Å²) in [5.41, 5.74) is 1.34. The molecule has 0 bridgehead atoms. The number of nitrogens with one attached hydrogen (secondary N) is 1. The summed E-state index contributed by atoms with van der Waals surface area (Å²) in [6.07, 6.45) is 3.67. The second-order valence-electron chi connectivity index (χ2n) is 5.33. The van der Waals surface area contributed by atoms with Crippen molar-refractivity contribution >= 4 is 11.6 Å². The molecular formula is C15H22ClNO. The minimum absolute atomic E-state index is 0.552. The molecule has 2 nitrogen and oxygen atoms in total. The van der Waals surface area contributed by atoms with Crippen molar-refractivity contribution < 1.29 is 5.11 Å². The van der Waals surface area contributed by atoms with Crippen molar-refractivity contribution in [3.05, 3.63) is 34.3 Å². The Bertz CT molecular complexity index is 411. The van der Waals surface area contributed by atoms with Gasteiger partial charge in [-0.3, -0.25) is 0 Å². The van der Waals surface area contributed by atoms with Crippen molar-refractivity contribution in [1.29, 1.82) is 0 Å². The molecule has 18 heavy (non-hydrogen) atoms. The standard InChI is InChI=1S/C15H22ClNO/c1-3-17-13-6-8-15(18,9-7-13)12-5-4-11(2)14(16)10-12/h4-5,10,13,17-18H,3,6-9H2,1-2H3. The van der Waals surface area contributed by atoms with E-state index in [2.05, 4.69) is 12.2 Å². The lowest BCUT2D eigenvalue weighted by molar-refractivity contribution is -0.00815. The first-order valence-electron chi connectivity index (χ1n) is 6.77. The molecule has 0 aliphatic heterocycles. The van der Waals surface area contributed by atoms with E-state index in [9.17, 15) is 5.11 Å². The third kappa shape index (κ3) is 2.87. The van der Waals surface area contributed by atoms with E-state index in [1.807, 2.05) is 25.1 Å². The number of hydrogen-bond donors (Lipinski definition) is 2. The topological polar surface area (TPSA) is 32.3 Å². The van der Waals surface area contributed by atoms with Gasteiger partial charge in [0.15, 0.2) is 0 Å². The van der Waals surface area contributed by atoms with Crippen LogP contribution in [0, 0.1) is 6.92 Å². The highest BCUT2D eigenvalue weighted by Gasteiger charge is 2.34. The van der Waals surface area contributed by atoms with E-state index in [1.165, 1.54) is 0 Å². The zero-order valence-corrected chi connectivity index (χ0v) is 11.9. The molecule has 0 amide bonds. The smallest absolute Gasteiger partial charge is 0.0898 e. The summed E-state index contributed by atoms with van der Waals surface area (Å²) in [5, 5.41) is 15.0. The number of aliphatic hydroxyl groups is 1. The maximum absolute atomic E-state index is 10.8. The summed E-state index contributed by atoms with van der Waals surface area (Å²) in [5.74, 6) is 0. The van der Waals surface area contributed by atoms with Gasteiger partial charge in [-0.25, -0.2) is 0 Å². The van der Waals surface area contributed by atoms with Crippen molar-refractivity contribution in [1.82, 2.24) is 5.32 Å². The summed E-state index contributed by atoms with van der Waals surface area (Å²) >= 11 is 6.15. The number of aryl methyl sites for hydroxylation is 1. The van der Waals surface area contributed by atoms with Gasteiger partial charge in [-0.05, 0) is 56.3 Å². The summed E-state index contributed by atoms with van der Waals surface area (Å²) in [6, 6.07) is 6.47. The van der Waals surface area contributed by atoms with Crippen LogP contribution in [0.1, 0.15) is 43.7 Å². The minimum atomic E-state index is -0.691. The largest absolute Gasteiger partial charge is 0.385 e. The van der Waals surface area contributed by atoms with Gasteiger partial charge in [0.1, 0.15) is 0 Å². The Morgan fingerprint density at radius 3 is 2.61 bits per heavy atom. The Kier molecular flexibility index (Phi) is 4.31. The lowest BCUT2D eigenvalue weighted by atomic mass is 9.77. The first kappa shape index (κ1) is 13.9. The van der Waals surface area contributed by atoms with Crippen LogP contribution >= 0.6 is 11.6 Å². The van der Waals surface area contributed by atoms with Crippen LogP contribution in [0.4, 0.5) is 0 Å². The number of hydrogen-bond acceptors (Lipinski definition) is 2. The van der Waals surface area contributed by atoms with E-state index in [0.717, 1.165) is 48.4 Å². The molecule has 0 saturated heterocycles. The van der Waals surface area contributed by atoms with Crippen molar-refractivity contribution in [3.8, 4) is 0 Å². The maximum Gasteiger partial charge on any atom is 0.0898 e. The Morgan fingerprint density at radius 2 is 2.06 bits per heavy atom. The molecule has 1 aliphatic carbocycles. The van der Waals surface area contributed by atoms with E-state index in [1.54, 1.807) is 0 Å². The average Bonchev–Trinajstić information content (AvgIpc) is 2.36. The highest BCUT2D eigenvalue weighted by Crippen LogP contribution is 2.38. The Labute approximate surface area is 114 Å². The predicted octanol–water partition coefficient (Wildman–Crippen LogP) is 3.39. The average molecular weight is 268 g/mol. The lowest BCUT2D eigenvalue weighted by Crippen LogP contribution is -2.39. The molecule has 0 unspecified atom stereocenters. The van der Waals surface area contributed by atoms with Gasteiger partial charge in [0.05, 0.1) is 5.60 Å². The molecule has 2 N–H and O–H groups in total. The normalized spacial score (nSPS) is 28.3. The van der Waals surface area contributed by atoms with Gasteiger partial charge in [0.25, 0.3) is 0 Å². The van der Waals surface area contributed by atoms with Gasteiger partial charge in [-0.2, -0.15) is 0 Å². The van der Waals surface area contributed by atoms with Crippen molar-refractivity contribution in [2.24, 2.45) is 0 Å². The number of benzene rings is 1. The van der Waals surface area contributed by atoms with Gasteiger partial charge in [0, 0.05) is 11.1 Å². The fourth-order valence-electron chi connectivity index (χ4n) is 2.76. The van der Waals surface area contributed by atoms with E-state index >= 15 is 0 Å². The highest BCUT2D eigenvalue weighted by molar-refractivity contribution is 6.31. The molecule has 2 rings (SSSR count). The molecule has 1 aromatic carbocycles. The van der Waals surface area contributed by atoms with Crippen LogP contribution in [0.2, 0.25) is 5.02 Å². The Hall–Kier alpha value is -0.570. The second-order valence-corrected chi connectivity index (χ2v) is 5.73. The van der Waals surface area contributed by atoms with Crippen LogP contribution in [0.25, 0.3) is 0 Å². The molecular weight excluding hydrogens is 246 g/mol. The maximum atomic E-state index is 10.8. The predicted molar refractivity (Wildman–Crippen MR) is 76.0 cm³/mol. The van der Waals surface area contributed by atoms with E-state index < -0.39 is 5.60 Å². The molecule has 0 spiro atoms. The molecule has 1 aliphatic rings. The van der Waals surface area contributed by atoms with Crippen molar-refractivity contribution in [2.45, 2.75) is 51.2 Å². The van der Waals surface area contributed by atoms with Crippen LogP contribution in [0.3, 0.4) is 0 Å². The van der Waals surface area contributed by atoms with Crippen LogP contribution < -0.4 is 5.32 Å². The van der Waals surface area contributed by atoms with Gasteiger partial charge < -0.3 is 10.4 Å². The molecule has 0 atom stereocenters. The van der Waals surface area contributed by atoms with E-state index in [4.69, 9.17) is 11.6 Å². The minimum Gasteiger partial charge on any atom is -0.385 e. The molecule has 100 valence electrons. The molecule has 0 radical (unpaired) electrons. The number of halogens is 1. The molecule has 3 heteroatoms. The van der Waals surface area contributed by atoms with Crippen molar-refractivity contribution in [3.63, 3.8) is 0 Å². The van der Waals surface area contributed by atoms with Crippen LogP contribution in [-0.4, -0.2) is 17.7 Å². The van der Waals surface area contributed by atoms with E-state index in [0.29, 0.717) is 6.04 Å². The molecule has 0 aromatic heterocycles. The zero-order chi connectivity index (χ0) is 13.2. The monoisotopic (exact) mass is 267 g/mol. The lowest BCUT2D eigenvalue weighted by Gasteiger charge is -2.37. The van der Waals surface area contributed by atoms with Crippen molar-refractivity contribution in [2.75, 3.05) is 6.54 Å². The Morgan fingerprint density at radius 1 is 1.39 bits per heavy atom. The highest BCUT2D eigenvalue weighted by atomic mass is 35.5. The molecule has 1 aromatic rings. The molecule has 1 fully saturated rings. The van der Waals surface area contributed by atoms with Gasteiger partial charge in [-0.1, -0.05) is 30.7 Å². The van der Waals surface area contributed by atoms with Crippen LogP contribution in [-0.2, 0) is 5.60 Å². The van der Waals surface area contributed by atoms with Gasteiger partial charge in [-0.15, -0.1) is 0 Å². The summed E-state index contributed by atoms with van der Waals surface area (Å²) in [6.45, 7) is 5.11. The summed E-state index contributed by atoms with van der Waals surface area (Å²) < 4.78 is 0. The zero-order valence-electron chi connectivity index (χ0n) is 11.2. The Balaban J connectivity index is 2.10. The van der Waals surface area contributed by atoms with Crippen LogP contribution in [0.5, 0.6) is 0 Å². The fraction of sp³-hybridized carbons (Fsp3) is 0.600. The van der Waals surface area contributed by atoms with Gasteiger partial charge in [0.2, 0.25) is 0 Å². The summed E-state index contributed by atoms with van der Waals surface area (Å²) in [7, 11) is 0. The molecule has 1 saturated carbocycles. The third-order valence-electron chi connectivity index (χ3n) is 4.01. The second kappa shape index (κ2) is 5.60.